The van der Waals surface area contributed by atoms with Gasteiger partial charge in [0.15, 0.2) is 0 Å². The van der Waals surface area contributed by atoms with Crippen molar-refractivity contribution >= 4 is 7.82 Å². The standard InChI is InChI=1S/C20H41O4P/c1-3-4-5-6-7-8-9-10-11-12-13-14-15-16-17-19-18(2)20(19)24-25(21,22)23/h18-20H,3-17H2,1-2H3,(H2,21,22,23). The first-order valence-electron chi connectivity index (χ1n) is 10.7. The third-order valence-corrected chi connectivity index (χ3v) is 6.14. The fourth-order valence-corrected chi connectivity index (χ4v) is 4.51. The van der Waals surface area contributed by atoms with Gasteiger partial charge in [0.25, 0.3) is 0 Å². The van der Waals surface area contributed by atoms with Crippen molar-refractivity contribution in [2.75, 3.05) is 0 Å². The van der Waals surface area contributed by atoms with Crippen LogP contribution in [0.15, 0.2) is 0 Å². The molecule has 4 nitrogen and oxygen atoms in total. The first kappa shape index (κ1) is 23.1. The molecule has 2 N–H and O–H groups in total. The molecule has 5 heteroatoms. The molecule has 0 aromatic rings. The van der Waals surface area contributed by atoms with E-state index >= 15 is 0 Å². The molecule has 0 aliphatic heterocycles. The molecule has 1 fully saturated rings. The van der Waals surface area contributed by atoms with Crippen molar-refractivity contribution in [1.29, 1.82) is 0 Å². The molecule has 1 aliphatic rings. The van der Waals surface area contributed by atoms with Gasteiger partial charge in [-0.05, 0) is 18.3 Å². The molecule has 1 saturated carbocycles. The van der Waals surface area contributed by atoms with E-state index in [2.05, 4.69) is 6.92 Å². The van der Waals surface area contributed by atoms with Crippen molar-refractivity contribution in [3.63, 3.8) is 0 Å². The van der Waals surface area contributed by atoms with E-state index in [1.807, 2.05) is 6.92 Å². The molecular formula is C20H41O4P. The summed E-state index contributed by atoms with van der Waals surface area (Å²) < 4.78 is 15.7. The molecule has 3 unspecified atom stereocenters. The summed E-state index contributed by atoms with van der Waals surface area (Å²) in [6.07, 6.45) is 19.8. The molecule has 0 aromatic carbocycles. The van der Waals surface area contributed by atoms with Gasteiger partial charge in [-0.3, -0.25) is 4.52 Å². The molecule has 3 atom stereocenters. The fourth-order valence-electron chi connectivity index (χ4n) is 3.84. The van der Waals surface area contributed by atoms with Crippen LogP contribution in [0.3, 0.4) is 0 Å². The van der Waals surface area contributed by atoms with Crippen LogP contribution in [0.4, 0.5) is 0 Å². The molecule has 0 amide bonds. The lowest BCUT2D eigenvalue weighted by Gasteiger charge is -2.05. The minimum atomic E-state index is -4.31. The monoisotopic (exact) mass is 376 g/mol. The zero-order chi connectivity index (χ0) is 18.5. The summed E-state index contributed by atoms with van der Waals surface area (Å²) >= 11 is 0. The Kier molecular flexibility index (Phi) is 12.3. The van der Waals surface area contributed by atoms with E-state index in [0.29, 0.717) is 11.8 Å². The molecule has 0 bridgehead atoms. The molecule has 0 saturated heterocycles. The van der Waals surface area contributed by atoms with Crippen LogP contribution in [-0.4, -0.2) is 15.9 Å². The van der Waals surface area contributed by atoms with Gasteiger partial charge in [0.2, 0.25) is 0 Å². The Balaban J connectivity index is 1.79. The van der Waals surface area contributed by atoms with Gasteiger partial charge < -0.3 is 9.79 Å². The zero-order valence-corrected chi connectivity index (χ0v) is 17.4. The quantitative estimate of drug-likeness (QED) is 0.222. The van der Waals surface area contributed by atoms with Gasteiger partial charge in [0.05, 0.1) is 6.10 Å². The van der Waals surface area contributed by atoms with Gasteiger partial charge in [0.1, 0.15) is 0 Å². The van der Waals surface area contributed by atoms with Crippen LogP contribution in [0.1, 0.15) is 110 Å². The maximum atomic E-state index is 10.8. The average Bonchev–Trinajstić information content (AvgIpc) is 3.13. The van der Waals surface area contributed by atoms with E-state index in [1.54, 1.807) is 0 Å². The molecule has 1 rings (SSSR count). The number of hydrogen-bond donors (Lipinski definition) is 2. The SMILES string of the molecule is CCCCCCCCCCCCCCCCC1C(C)C1OP(=O)(O)O. The van der Waals surface area contributed by atoms with Crippen LogP contribution in [-0.2, 0) is 9.09 Å². The highest BCUT2D eigenvalue weighted by molar-refractivity contribution is 7.46. The Labute approximate surface area is 155 Å². The van der Waals surface area contributed by atoms with E-state index in [1.165, 1.54) is 83.5 Å². The van der Waals surface area contributed by atoms with E-state index in [4.69, 9.17) is 14.3 Å². The average molecular weight is 377 g/mol. The Hall–Kier alpha value is 0.110. The summed E-state index contributed by atoms with van der Waals surface area (Å²) in [6, 6.07) is 0. The third-order valence-electron chi connectivity index (χ3n) is 5.62. The molecule has 0 spiro atoms. The second kappa shape index (κ2) is 13.3. The Morgan fingerprint density at radius 2 is 1.16 bits per heavy atom. The van der Waals surface area contributed by atoms with Crippen LogP contribution >= 0.6 is 7.82 Å². The molecule has 0 radical (unpaired) electrons. The maximum absolute atomic E-state index is 10.8. The van der Waals surface area contributed by atoms with E-state index in [9.17, 15) is 4.57 Å². The minimum absolute atomic E-state index is 0.220. The molecular weight excluding hydrogens is 335 g/mol. The predicted molar refractivity (Wildman–Crippen MR) is 105 cm³/mol. The minimum Gasteiger partial charge on any atom is -0.303 e. The first-order chi connectivity index (χ1) is 12.0. The lowest BCUT2D eigenvalue weighted by atomic mass is 10.0. The number of phosphoric acid groups is 1. The smallest absolute Gasteiger partial charge is 0.303 e. The Morgan fingerprint density at radius 1 is 0.760 bits per heavy atom. The second-order valence-corrected chi connectivity index (χ2v) is 9.16. The lowest BCUT2D eigenvalue weighted by molar-refractivity contribution is 0.173. The van der Waals surface area contributed by atoms with Crippen LogP contribution < -0.4 is 0 Å². The van der Waals surface area contributed by atoms with Crippen molar-refractivity contribution < 1.29 is 18.9 Å². The maximum Gasteiger partial charge on any atom is 0.469 e. The highest BCUT2D eigenvalue weighted by atomic mass is 31.2. The van der Waals surface area contributed by atoms with Crippen molar-refractivity contribution in [2.24, 2.45) is 11.8 Å². The molecule has 25 heavy (non-hydrogen) atoms. The molecule has 0 aromatic heterocycles. The van der Waals surface area contributed by atoms with Crippen molar-refractivity contribution in [3.8, 4) is 0 Å². The molecule has 150 valence electrons. The van der Waals surface area contributed by atoms with Crippen molar-refractivity contribution in [1.82, 2.24) is 0 Å². The fraction of sp³-hybridized carbons (Fsp3) is 1.00. The molecule has 1 aliphatic carbocycles. The van der Waals surface area contributed by atoms with Gasteiger partial charge in [-0.15, -0.1) is 0 Å². The Bertz CT molecular complexity index is 369. The van der Waals surface area contributed by atoms with E-state index in [0.717, 1.165) is 12.8 Å². The van der Waals surface area contributed by atoms with Gasteiger partial charge >= 0.3 is 7.82 Å². The topological polar surface area (TPSA) is 66.8 Å². The van der Waals surface area contributed by atoms with Crippen LogP contribution in [0, 0.1) is 11.8 Å². The van der Waals surface area contributed by atoms with Crippen LogP contribution in [0.5, 0.6) is 0 Å². The summed E-state index contributed by atoms with van der Waals surface area (Å²) in [7, 11) is -4.31. The normalized spacial score (nSPS) is 23.1. The summed E-state index contributed by atoms with van der Waals surface area (Å²) in [5.41, 5.74) is 0. The van der Waals surface area contributed by atoms with Gasteiger partial charge in [0, 0.05) is 0 Å². The third kappa shape index (κ3) is 12.2. The van der Waals surface area contributed by atoms with Gasteiger partial charge in [-0.2, -0.15) is 0 Å². The highest BCUT2D eigenvalue weighted by Crippen LogP contribution is 2.53. The van der Waals surface area contributed by atoms with Crippen LogP contribution in [0.2, 0.25) is 0 Å². The second-order valence-electron chi connectivity index (χ2n) is 7.97. The lowest BCUT2D eigenvalue weighted by Crippen LogP contribution is -1.95. The largest absolute Gasteiger partial charge is 0.469 e. The van der Waals surface area contributed by atoms with E-state index < -0.39 is 7.82 Å². The predicted octanol–water partition coefficient (Wildman–Crippen LogP) is 6.60. The number of rotatable bonds is 17. The number of hydrogen-bond acceptors (Lipinski definition) is 2. The summed E-state index contributed by atoms with van der Waals surface area (Å²) in [5, 5.41) is 0. The van der Waals surface area contributed by atoms with Gasteiger partial charge in [-0.1, -0.05) is 104 Å². The highest BCUT2D eigenvalue weighted by Gasteiger charge is 2.50. The van der Waals surface area contributed by atoms with Crippen molar-refractivity contribution in [2.45, 2.75) is 116 Å². The van der Waals surface area contributed by atoms with Crippen molar-refractivity contribution in [3.05, 3.63) is 0 Å². The summed E-state index contributed by atoms with van der Waals surface area (Å²) in [4.78, 5) is 17.7. The van der Waals surface area contributed by atoms with Gasteiger partial charge in [-0.25, -0.2) is 4.57 Å². The Morgan fingerprint density at radius 3 is 1.56 bits per heavy atom. The number of phosphoric ester groups is 1. The zero-order valence-electron chi connectivity index (χ0n) is 16.5. The number of unbranched alkanes of at least 4 members (excludes halogenated alkanes) is 13. The van der Waals surface area contributed by atoms with Crippen LogP contribution in [0.25, 0.3) is 0 Å². The molecule has 0 heterocycles. The first-order valence-corrected chi connectivity index (χ1v) is 12.2. The summed E-state index contributed by atoms with van der Waals surface area (Å²) in [5.74, 6) is 0.652. The van der Waals surface area contributed by atoms with E-state index in [-0.39, 0.29) is 6.10 Å². The summed E-state index contributed by atoms with van der Waals surface area (Å²) in [6.45, 7) is 4.29.